The van der Waals surface area contributed by atoms with E-state index < -0.39 is 5.97 Å². The Morgan fingerprint density at radius 2 is 2.08 bits per heavy atom. The normalized spacial score (nSPS) is 13.7. The van der Waals surface area contributed by atoms with Crippen molar-refractivity contribution >= 4 is 34.5 Å². The molecule has 1 saturated carbocycles. The summed E-state index contributed by atoms with van der Waals surface area (Å²) in [6, 6.07) is 7.82. The molecule has 126 valence electrons. The molecule has 0 atom stereocenters. The SMILES string of the molecule is CCOC(=O)CNC(=O)CSc1nc(C2CC2)nc2ccccc12. The number of esters is 1. The van der Waals surface area contributed by atoms with Crippen LogP contribution >= 0.6 is 11.8 Å². The molecule has 7 heteroatoms. The first-order chi connectivity index (χ1) is 11.7. The Balaban J connectivity index is 1.66. The van der Waals surface area contributed by atoms with Gasteiger partial charge in [0.05, 0.1) is 17.9 Å². The van der Waals surface area contributed by atoms with Gasteiger partial charge in [-0.25, -0.2) is 9.97 Å². The van der Waals surface area contributed by atoms with E-state index in [1.54, 1.807) is 6.92 Å². The summed E-state index contributed by atoms with van der Waals surface area (Å²) in [7, 11) is 0. The lowest BCUT2D eigenvalue weighted by Gasteiger charge is -2.08. The highest BCUT2D eigenvalue weighted by atomic mass is 32.2. The summed E-state index contributed by atoms with van der Waals surface area (Å²) in [4.78, 5) is 32.4. The maximum atomic E-state index is 11.9. The second-order valence-electron chi connectivity index (χ2n) is 5.55. The van der Waals surface area contributed by atoms with Gasteiger partial charge in [0, 0.05) is 11.3 Å². The number of carbonyl (C=O) groups excluding carboxylic acids is 2. The quantitative estimate of drug-likeness (QED) is 0.471. The lowest BCUT2D eigenvalue weighted by atomic mass is 10.2. The molecule has 1 N–H and O–H groups in total. The van der Waals surface area contributed by atoms with Gasteiger partial charge in [0.25, 0.3) is 0 Å². The van der Waals surface area contributed by atoms with Crippen molar-refractivity contribution < 1.29 is 14.3 Å². The van der Waals surface area contributed by atoms with Crippen molar-refractivity contribution in [3.63, 3.8) is 0 Å². The van der Waals surface area contributed by atoms with E-state index in [0.717, 1.165) is 34.6 Å². The van der Waals surface area contributed by atoms with Crippen molar-refractivity contribution in [3.05, 3.63) is 30.1 Å². The molecule has 0 bridgehead atoms. The van der Waals surface area contributed by atoms with Crippen molar-refractivity contribution in [2.45, 2.75) is 30.7 Å². The van der Waals surface area contributed by atoms with Gasteiger partial charge in [-0.15, -0.1) is 0 Å². The van der Waals surface area contributed by atoms with Gasteiger partial charge < -0.3 is 10.1 Å². The highest BCUT2D eigenvalue weighted by molar-refractivity contribution is 8.00. The van der Waals surface area contributed by atoms with Crippen molar-refractivity contribution in [1.29, 1.82) is 0 Å². The van der Waals surface area contributed by atoms with E-state index in [1.807, 2.05) is 24.3 Å². The van der Waals surface area contributed by atoms with Crippen molar-refractivity contribution in [3.8, 4) is 0 Å². The van der Waals surface area contributed by atoms with E-state index >= 15 is 0 Å². The van der Waals surface area contributed by atoms with Gasteiger partial charge in [-0.2, -0.15) is 0 Å². The minimum atomic E-state index is -0.431. The lowest BCUT2D eigenvalue weighted by Crippen LogP contribution is -2.31. The fourth-order valence-electron chi connectivity index (χ4n) is 2.27. The fourth-order valence-corrected chi connectivity index (χ4v) is 3.12. The minimum Gasteiger partial charge on any atom is -0.465 e. The molecule has 2 aromatic rings. The molecular weight excluding hydrogens is 326 g/mol. The van der Waals surface area contributed by atoms with Crippen LogP contribution < -0.4 is 5.32 Å². The first-order valence-electron chi connectivity index (χ1n) is 7.99. The molecule has 1 aliphatic carbocycles. The third kappa shape index (κ3) is 4.23. The number of hydrogen-bond donors (Lipinski definition) is 1. The molecule has 1 aliphatic rings. The number of nitrogens with zero attached hydrogens (tertiary/aromatic N) is 2. The summed E-state index contributed by atoms with van der Waals surface area (Å²) in [5.74, 6) is 0.864. The smallest absolute Gasteiger partial charge is 0.325 e. The van der Waals surface area contributed by atoms with Crippen LogP contribution in [0.5, 0.6) is 0 Å². The Kier molecular flexibility index (Phi) is 5.30. The van der Waals surface area contributed by atoms with E-state index in [1.165, 1.54) is 11.8 Å². The van der Waals surface area contributed by atoms with Crippen molar-refractivity contribution in [1.82, 2.24) is 15.3 Å². The number of amides is 1. The second-order valence-corrected chi connectivity index (χ2v) is 6.51. The topological polar surface area (TPSA) is 81.2 Å². The number of ether oxygens (including phenoxy) is 1. The summed E-state index contributed by atoms with van der Waals surface area (Å²) in [5.41, 5.74) is 0.906. The Bertz CT molecular complexity index is 762. The van der Waals surface area contributed by atoms with Crippen LogP contribution in [0.3, 0.4) is 0 Å². The maximum Gasteiger partial charge on any atom is 0.325 e. The molecule has 1 aromatic heterocycles. The van der Waals surface area contributed by atoms with Gasteiger partial charge in [-0.05, 0) is 25.8 Å². The van der Waals surface area contributed by atoms with E-state index in [2.05, 4.69) is 15.3 Å². The first kappa shape index (κ1) is 16.7. The molecule has 1 fully saturated rings. The molecule has 6 nitrogen and oxygen atoms in total. The third-order valence-electron chi connectivity index (χ3n) is 3.60. The highest BCUT2D eigenvalue weighted by Crippen LogP contribution is 2.39. The van der Waals surface area contributed by atoms with Crippen LogP contribution in [0.2, 0.25) is 0 Å². The largest absolute Gasteiger partial charge is 0.465 e. The average molecular weight is 345 g/mol. The predicted molar refractivity (Wildman–Crippen MR) is 91.9 cm³/mol. The number of aromatic nitrogens is 2. The number of thioether (sulfide) groups is 1. The predicted octanol–water partition coefficient (Wildman–Crippen LogP) is 2.28. The number of benzene rings is 1. The highest BCUT2D eigenvalue weighted by Gasteiger charge is 2.27. The molecular formula is C17H19N3O3S. The van der Waals surface area contributed by atoms with Crippen LogP contribution in [0, 0.1) is 0 Å². The molecule has 24 heavy (non-hydrogen) atoms. The van der Waals surface area contributed by atoms with E-state index in [-0.39, 0.29) is 18.2 Å². The summed E-state index contributed by atoms with van der Waals surface area (Å²) in [6.45, 7) is 1.93. The number of hydrogen-bond acceptors (Lipinski definition) is 6. The Morgan fingerprint density at radius 1 is 1.29 bits per heavy atom. The molecule has 0 unspecified atom stereocenters. The molecule has 1 heterocycles. The number of rotatable bonds is 7. The molecule has 3 rings (SSSR count). The average Bonchev–Trinajstić information content (AvgIpc) is 3.43. The number of nitrogens with one attached hydrogen (secondary N) is 1. The molecule has 0 radical (unpaired) electrons. The van der Waals surface area contributed by atoms with Crippen LogP contribution in [-0.4, -0.2) is 40.7 Å². The standard InChI is InChI=1S/C17H19N3O3S/c1-2-23-15(22)9-18-14(21)10-24-17-12-5-3-4-6-13(12)19-16(20-17)11-7-8-11/h3-6,11H,2,7-10H2,1H3,(H,18,21). The van der Waals surface area contributed by atoms with Crippen molar-refractivity contribution in [2.24, 2.45) is 0 Å². The molecule has 0 saturated heterocycles. The van der Waals surface area contributed by atoms with Gasteiger partial charge >= 0.3 is 5.97 Å². The van der Waals surface area contributed by atoms with Crippen LogP contribution in [0.25, 0.3) is 10.9 Å². The van der Waals surface area contributed by atoms with Crippen LogP contribution in [0.1, 0.15) is 31.5 Å². The van der Waals surface area contributed by atoms with Crippen LogP contribution in [0.4, 0.5) is 0 Å². The lowest BCUT2D eigenvalue weighted by molar-refractivity contribution is -0.143. The van der Waals surface area contributed by atoms with Gasteiger partial charge in [0.2, 0.25) is 5.91 Å². The fraction of sp³-hybridized carbons (Fsp3) is 0.412. The van der Waals surface area contributed by atoms with Crippen molar-refractivity contribution in [2.75, 3.05) is 18.9 Å². The Hall–Kier alpha value is -2.15. The van der Waals surface area contributed by atoms with Gasteiger partial charge in [-0.1, -0.05) is 30.0 Å². The maximum absolute atomic E-state index is 11.9. The summed E-state index contributed by atoms with van der Waals surface area (Å²) in [5, 5.41) is 4.32. The van der Waals surface area contributed by atoms with E-state index in [9.17, 15) is 9.59 Å². The van der Waals surface area contributed by atoms with Gasteiger partial charge in [0.1, 0.15) is 17.4 Å². The Morgan fingerprint density at radius 3 is 2.83 bits per heavy atom. The molecule has 0 aliphatic heterocycles. The Labute approximate surface area is 144 Å². The summed E-state index contributed by atoms with van der Waals surface area (Å²) < 4.78 is 4.78. The van der Waals surface area contributed by atoms with E-state index in [4.69, 9.17) is 4.74 Å². The first-order valence-corrected chi connectivity index (χ1v) is 8.97. The number of para-hydroxylation sites is 1. The summed E-state index contributed by atoms with van der Waals surface area (Å²) >= 11 is 1.37. The van der Waals surface area contributed by atoms with Crippen LogP contribution in [0.15, 0.2) is 29.3 Å². The molecule has 1 aromatic carbocycles. The van der Waals surface area contributed by atoms with Crippen LogP contribution in [-0.2, 0) is 14.3 Å². The number of fused-ring (bicyclic) bond motifs is 1. The second kappa shape index (κ2) is 7.61. The van der Waals surface area contributed by atoms with Gasteiger partial charge in [-0.3, -0.25) is 9.59 Å². The number of carbonyl (C=O) groups is 2. The molecule has 0 spiro atoms. The minimum absolute atomic E-state index is 0.106. The van der Waals surface area contributed by atoms with E-state index in [0.29, 0.717) is 12.5 Å². The zero-order valence-corrected chi connectivity index (χ0v) is 14.3. The monoisotopic (exact) mass is 345 g/mol. The molecule has 1 amide bonds. The van der Waals surface area contributed by atoms with Gasteiger partial charge in [0.15, 0.2) is 0 Å². The summed E-state index contributed by atoms with van der Waals surface area (Å²) in [6.07, 6.45) is 2.25. The third-order valence-corrected chi connectivity index (χ3v) is 4.59. The zero-order valence-electron chi connectivity index (χ0n) is 13.4. The zero-order chi connectivity index (χ0) is 16.9.